The average molecular weight is 852 g/mol. The molecule has 2 atom stereocenters. The van der Waals surface area contributed by atoms with Gasteiger partial charge in [-0.15, -0.1) is 0 Å². The van der Waals surface area contributed by atoms with Crippen LogP contribution in [-0.2, 0) is 50.3 Å². The van der Waals surface area contributed by atoms with Crippen LogP contribution < -0.4 is 5.73 Å². The van der Waals surface area contributed by atoms with Gasteiger partial charge in [-0.05, 0) is 76.0 Å². The van der Waals surface area contributed by atoms with E-state index in [9.17, 15) is 23.8 Å². The molecule has 0 amide bonds. The van der Waals surface area contributed by atoms with E-state index < -0.39 is 32.5 Å². The minimum Gasteiger partial charge on any atom is -0.466 e. The number of aryl methyl sites for hydroxylation is 2. The van der Waals surface area contributed by atoms with Gasteiger partial charge < -0.3 is 24.5 Å². The molecule has 0 bridgehead atoms. The van der Waals surface area contributed by atoms with Gasteiger partial charge in [0, 0.05) is 38.6 Å². The fourth-order valence-electron chi connectivity index (χ4n) is 6.74. The van der Waals surface area contributed by atoms with Crippen molar-refractivity contribution in [1.29, 1.82) is 0 Å². The van der Waals surface area contributed by atoms with Crippen molar-refractivity contribution in [3.63, 3.8) is 0 Å². The zero-order valence-electron chi connectivity index (χ0n) is 37.5. The van der Waals surface area contributed by atoms with Crippen LogP contribution in [0.25, 0.3) is 0 Å². The minimum atomic E-state index is -4.42. The Morgan fingerprint density at radius 1 is 0.661 bits per heavy atom. The smallest absolute Gasteiger partial charge is 0.466 e. The van der Waals surface area contributed by atoms with E-state index in [0.717, 1.165) is 70.6 Å². The van der Waals surface area contributed by atoms with E-state index >= 15 is 0 Å². The van der Waals surface area contributed by atoms with Crippen LogP contribution in [0.3, 0.4) is 0 Å². The Bertz CT molecular complexity index is 1360. The number of rotatable bonds is 40. The van der Waals surface area contributed by atoms with Gasteiger partial charge in [-0.2, -0.15) is 0 Å². The molecule has 1 aromatic heterocycles. The van der Waals surface area contributed by atoms with Crippen molar-refractivity contribution in [3.8, 4) is 0 Å². The van der Waals surface area contributed by atoms with Crippen molar-refractivity contribution in [2.75, 3.05) is 26.4 Å². The number of phosphoric acid groups is 1. The minimum absolute atomic E-state index is 0.0309. The lowest BCUT2D eigenvalue weighted by molar-refractivity contribution is -0.161. The summed E-state index contributed by atoms with van der Waals surface area (Å²) in [7, 11) is -4.42. The van der Waals surface area contributed by atoms with Gasteiger partial charge in [-0.1, -0.05) is 128 Å². The molecule has 1 heterocycles. The summed E-state index contributed by atoms with van der Waals surface area (Å²) in [4.78, 5) is 47.0. The molecule has 1 unspecified atom stereocenters. The summed E-state index contributed by atoms with van der Waals surface area (Å²) >= 11 is 0. The first-order valence-electron chi connectivity index (χ1n) is 23.1. The van der Waals surface area contributed by atoms with Crippen molar-refractivity contribution in [3.05, 3.63) is 47.0 Å². The largest absolute Gasteiger partial charge is 0.472 e. The third-order valence-corrected chi connectivity index (χ3v) is 11.5. The number of phosphoric ester groups is 1. The highest BCUT2D eigenvalue weighted by molar-refractivity contribution is 7.47. The number of ether oxygens (including phenoxy) is 2. The molecular weight excluding hydrogens is 769 g/mol. The van der Waals surface area contributed by atoms with Crippen molar-refractivity contribution in [1.82, 2.24) is 0 Å². The second-order valence-corrected chi connectivity index (χ2v) is 17.3. The molecule has 0 saturated carbocycles. The van der Waals surface area contributed by atoms with Crippen molar-refractivity contribution in [2.24, 2.45) is 5.73 Å². The average Bonchev–Trinajstić information content (AvgIpc) is 3.48. The van der Waals surface area contributed by atoms with E-state index in [0.29, 0.717) is 19.3 Å². The molecule has 340 valence electrons. The Kier molecular flexibility index (Phi) is 33.3. The number of unbranched alkanes of at least 4 members (excludes halogenated alkanes) is 18. The normalized spacial score (nSPS) is 13.3. The predicted octanol–water partition coefficient (Wildman–Crippen LogP) is 12.0. The van der Waals surface area contributed by atoms with Crippen LogP contribution in [0.1, 0.15) is 197 Å². The molecule has 1 aromatic rings. The number of ketones is 1. The summed E-state index contributed by atoms with van der Waals surface area (Å²) in [6.45, 7) is 7.88. The summed E-state index contributed by atoms with van der Waals surface area (Å²) in [6.07, 6.45) is 32.7. The molecule has 0 saturated heterocycles. The number of nitrogens with two attached hydrogens (primary N) is 1. The van der Waals surface area contributed by atoms with E-state index in [1.807, 2.05) is 12.2 Å². The Hall–Kier alpha value is -2.56. The van der Waals surface area contributed by atoms with Crippen LogP contribution in [0.4, 0.5) is 0 Å². The molecule has 11 nitrogen and oxygen atoms in total. The molecule has 0 radical (unpaired) electrons. The first kappa shape index (κ1) is 54.5. The second-order valence-electron chi connectivity index (χ2n) is 15.9. The monoisotopic (exact) mass is 852 g/mol. The molecule has 0 aromatic carbocycles. The quantitative estimate of drug-likeness (QED) is 0.0212. The maximum absolute atomic E-state index is 12.7. The zero-order chi connectivity index (χ0) is 43.4. The summed E-state index contributed by atoms with van der Waals surface area (Å²) in [6, 6.07) is 0. The van der Waals surface area contributed by atoms with Gasteiger partial charge in [-0.3, -0.25) is 23.4 Å². The molecule has 0 aliphatic rings. The SMILES string of the molecule is CCCCC/C=C\C=C\C(=O)CCCCCCCC(=O)OC[C@H](COP(=O)(O)OCCN)OC(=O)CCCCCCCCCCCCc1oc(CCCCC)c(C)c1C. The van der Waals surface area contributed by atoms with Crippen molar-refractivity contribution in [2.45, 2.75) is 207 Å². The first-order chi connectivity index (χ1) is 28.5. The van der Waals surface area contributed by atoms with E-state index in [4.69, 9.17) is 28.7 Å². The predicted molar refractivity (Wildman–Crippen MR) is 237 cm³/mol. The maximum Gasteiger partial charge on any atom is 0.472 e. The molecule has 59 heavy (non-hydrogen) atoms. The number of furan rings is 1. The number of hydrogen-bond acceptors (Lipinski definition) is 10. The molecule has 1 rings (SSSR count). The van der Waals surface area contributed by atoms with Gasteiger partial charge in [0.1, 0.15) is 18.1 Å². The van der Waals surface area contributed by atoms with Gasteiger partial charge in [0.05, 0.1) is 13.2 Å². The number of hydrogen-bond donors (Lipinski definition) is 2. The molecular formula is C47H82NO10P. The Morgan fingerprint density at radius 2 is 1.17 bits per heavy atom. The molecule has 0 fully saturated rings. The first-order valence-corrected chi connectivity index (χ1v) is 24.6. The second kappa shape index (κ2) is 36.1. The van der Waals surface area contributed by atoms with Crippen LogP contribution in [0.2, 0.25) is 0 Å². The molecule has 0 aliphatic carbocycles. The highest BCUT2D eigenvalue weighted by Gasteiger charge is 2.26. The van der Waals surface area contributed by atoms with Crippen LogP contribution in [0.5, 0.6) is 0 Å². The summed E-state index contributed by atoms with van der Waals surface area (Å²) in [5.74, 6) is 1.55. The molecule has 12 heteroatoms. The summed E-state index contributed by atoms with van der Waals surface area (Å²) < 4.78 is 39.0. The topological polar surface area (TPSA) is 165 Å². The number of carbonyl (C=O) groups excluding carboxylic acids is 3. The van der Waals surface area contributed by atoms with Crippen LogP contribution in [0, 0.1) is 13.8 Å². The molecule has 0 aliphatic heterocycles. The third kappa shape index (κ3) is 30.2. The lowest BCUT2D eigenvalue weighted by atomic mass is 10.0. The van der Waals surface area contributed by atoms with Gasteiger partial charge in [-0.25, -0.2) is 4.57 Å². The van der Waals surface area contributed by atoms with Crippen LogP contribution >= 0.6 is 7.82 Å². The van der Waals surface area contributed by atoms with Crippen LogP contribution in [0.15, 0.2) is 28.7 Å². The van der Waals surface area contributed by atoms with Gasteiger partial charge in [0.25, 0.3) is 0 Å². The fourth-order valence-corrected chi connectivity index (χ4v) is 7.50. The van der Waals surface area contributed by atoms with E-state index in [1.54, 1.807) is 6.08 Å². The standard InChI is InChI=1S/C47H82NO10P/c1-5-7-9-10-15-19-25-30-42(49)31-26-20-18-23-28-34-46(50)54-38-43(39-56-59(52,53)55-37-36-48)57-47(51)35-29-22-17-14-12-11-13-16-21-27-33-45-41(4)40(3)44(58-45)32-24-8-6-2/h15,19,25,30,43H,5-14,16-18,20-24,26-29,31-39,48H2,1-4H3,(H,52,53)/b19-15-,30-25+/t43-/m1/s1. The van der Waals surface area contributed by atoms with Crippen LogP contribution in [-0.4, -0.2) is 55.1 Å². The molecule has 0 spiro atoms. The lowest BCUT2D eigenvalue weighted by Crippen LogP contribution is -2.29. The fraction of sp³-hybridized carbons (Fsp3) is 0.766. The van der Waals surface area contributed by atoms with Gasteiger partial charge in [0.2, 0.25) is 0 Å². The Labute approximate surface area is 357 Å². The number of carbonyl (C=O) groups is 3. The van der Waals surface area contributed by atoms with Gasteiger partial charge >= 0.3 is 19.8 Å². The summed E-state index contributed by atoms with van der Waals surface area (Å²) in [5.41, 5.74) is 8.03. The number of allylic oxidation sites excluding steroid dienone is 4. The van der Waals surface area contributed by atoms with Crippen molar-refractivity contribution >= 4 is 25.5 Å². The molecule has 3 N–H and O–H groups in total. The Morgan fingerprint density at radius 3 is 1.75 bits per heavy atom. The maximum atomic E-state index is 12.7. The van der Waals surface area contributed by atoms with E-state index in [1.165, 1.54) is 93.3 Å². The highest BCUT2D eigenvalue weighted by atomic mass is 31.2. The van der Waals surface area contributed by atoms with Gasteiger partial charge in [0.15, 0.2) is 11.9 Å². The summed E-state index contributed by atoms with van der Waals surface area (Å²) in [5, 5.41) is 0. The number of esters is 2. The highest BCUT2D eigenvalue weighted by Crippen LogP contribution is 2.43. The van der Waals surface area contributed by atoms with E-state index in [2.05, 4.69) is 33.8 Å². The Balaban J connectivity index is 2.25. The van der Waals surface area contributed by atoms with E-state index in [-0.39, 0.29) is 38.4 Å². The van der Waals surface area contributed by atoms with Crippen molar-refractivity contribution < 1.29 is 46.8 Å². The lowest BCUT2D eigenvalue weighted by Gasteiger charge is -2.19. The zero-order valence-corrected chi connectivity index (χ0v) is 38.3. The third-order valence-electron chi connectivity index (χ3n) is 10.5.